The largest absolute Gasteiger partial charge is 0.490 e. The van der Waals surface area contributed by atoms with Gasteiger partial charge in [-0.2, -0.15) is 0 Å². The number of fused-ring (bicyclic) bond motifs is 1. The lowest BCUT2D eigenvalue weighted by molar-refractivity contribution is 0.0126. The number of nitrogens with zero attached hydrogens (tertiary/aromatic N) is 2. The van der Waals surface area contributed by atoms with E-state index in [1.807, 2.05) is 98.4 Å². The summed E-state index contributed by atoms with van der Waals surface area (Å²) in [6.07, 6.45) is 1.23. The Morgan fingerprint density at radius 2 is 1.75 bits per heavy atom. The first-order chi connectivity index (χ1) is 19.1. The Balaban J connectivity index is 1.13. The SMILES string of the molecule is Cn1c(C(=O)Nc2cccc(COc3cccc(OC4CCN(C(=O)OC(C)(C)C)CC4)c3)c2)cc2sccc21. The number of carbonyl (C=O) groups is 2. The summed E-state index contributed by atoms with van der Waals surface area (Å²) in [6.45, 7) is 7.17. The number of nitrogens with one attached hydrogen (secondary N) is 1. The number of hydrogen-bond donors (Lipinski definition) is 1. The number of anilines is 1. The van der Waals surface area contributed by atoms with Crippen molar-refractivity contribution in [1.82, 2.24) is 9.47 Å². The summed E-state index contributed by atoms with van der Waals surface area (Å²) in [5.74, 6) is 1.28. The zero-order valence-electron chi connectivity index (χ0n) is 23.3. The van der Waals surface area contributed by atoms with Gasteiger partial charge in [0.05, 0.1) is 10.2 Å². The van der Waals surface area contributed by atoms with Gasteiger partial charge in [-0.3, -0.25) is 4.79 Å². The second-order valence-electron chi connectivity index (χ2n) is 11.0. The van der Waals surface area contributed by atoms with Crippen molar-refractivity contribution in [2.24, 2.45) is 7.05 Å². The standard InChI is InChI=1S/C31H35N3O5S/c1-31(2,3)39-30(36)34-14-11-23(12-15-34)38-25-10-6-9-24(18-25)37-20-21-7-5-8-22(17-21)32-29(35)27-19-28-26(33(27)4)13-16-40-28/h5-10,13,16-19,23H,11-12,14-15,20H2,1-4H3,(H,32,35). The quantitative estimate of drug-likeness (QED) is 0.267. The highest BCUT2D eigenvalue weighted by molar-refractivity contribution is 7.17. The van der Waals surface area contributed by atoms with Crippen LogP contribution in [0.25, 0.3) is 10.2 Å². The summed E-state index contributed by atoms with van der Waals surface area (Å²) in [5.41, 5.74) is 2.82. The molecule has 1 fully saturated rings. The Bertz CT molecular complexity index is 1490. The normalized spacial score (nSPS) is 14.2. The molecule has 8 nitrogen and oxygen atoms in total. The molecule has 0 atom stereocenters. The molecule has 210 valence electrons. The molecule has 2 aromatic heterocycles. The number of hydrogen-bond acceptors (Lipinski definition) is 6. The van der Waals surface area contributed by atoms with Crippen molar-refractivity contribution >= 4 is 39.2 Å². The van der Waals surface area contributed by atoms with Crippen LogP contribution in [-0.4, -0.2) is 46.3 Å². The Morgan fingerprint density at radius 3 is 2.50 bits per heavy atom. The molecule has 0 unspecified atom stereocenters. The summed E-state index contributed by atoms with van der Waals surface area (Å²) < 4.78 is 20.7. The van der Waals surface area contributed by atoms with Gasteiger partial charge in [0.1, 0.15) is 35.5 Å². The predicted molar refractivity (Wildman–Crippen MR) is 157 cm³/mol. The van der Waals surface area contributed by atoms with Crippen molar-refractivity contribution in [3.05, 3.63) is 77.3 Å². The summed E-state index contributed by atoms with van der Waals surface area (Å²) in [4.78, 5) is 27.0. The molecule has 9 heteroatoms. The summed E-state index contributed by atoms with van der Waals surface area (Å²) in [5, 5.41) is 5.02. The molecule has 0 radical (unpaired) electrons. The van der Waals surface area contributed by atoms with E-state index in [1.54, 1.807) is 16.2 Å². The van der Waals surface area contributed by atoms with E-state index in [2.05, 4.69) is 5.32 Å². The van der Waals surface area contributed by atoms with Crippen LogP contribution in [0.5, 0.6) is 11.5 Å². The van der Waals surface area contributed by atoms with E-state index in [-0.39, 0.29) is 18.1 Å². The van der Waals surface area contributed by atoms with Gasteiger partial charge in [0, 0.05) is 44.7 Å². The van der Waals surface area contributed by atoms with Crippen LogP contribution in [0.3, 0.4) is 0 Å². The van der Waals surface area contributed by atoms with E-state index in [0.29, 0.717) is 36.8 Å². The maximum atomic E-state index is 12.9. The van der Waals surface area contributed by atoms with Crippen LogP contribution in [0.1, 0.15) is 49.7 Å². The van der Waals surface area contributed by atoms with Gasteiger partial charge in [-0.05, 0) is 68.1 Å². The number of amides is 2. The van der Waals surface area contributed by atoms with Gasteiger partial charge in [-0.15, -0.1) is 11.3 Å². The van der Waals surface area contributed by atoms with Crippen LogP contribution < -0.4 is 14.8 Å². The first-order valence-corrected chi connectivity index (χ1v) is 14.3. The smallest absolute Gasteiger partial charge is 0.410 e. The van der Waals surface area contributed by atoms with Crippen molar-refractivity contribution in [1.29, 1.82) is 0 Å². The molecule has 3 heterocycles. The lowest BCUT2D eigenvalue weighted by Gasteiger charge is -2.33. The predicted octanol–water partition coefficient (Wildman–Crippen LogP) is 6.85. The minimum absolute atomic E-state index is 0.0224. The highest BCUT2D eigenvalue weighted by atomic mass is 32.1. The summed E-state index contributed by atoms with van der Waals surface area (Å²) >= 11 is 1.62. The van der Waals surface area contributed by atoms with Gasteiger partial charge in [-0.1, -0.05) is 18.2 Å². The maximum Gasteiger partial charge on any atom is 0.410 e. The number of thiophene rings is 1. The third-order valence-electron chi connectivity index (χ3n) is 6.69. The molecule has 0 aliphatic carbocycles. The molecular formula is C31H35N3O5S. The molecule has 4 aromatic rings. The Morgan fingerprint density at radius 1 is 1.00 bits per heavy atom. The van der Waals surface area contributed by atoms with Crippen LogP contribution in [0.2, 0.25) is 0 Å². The van der Waals surface area contributed by atoms with Crippen LogP contribution in [0, 0.1) is 0 Å². The van der Waals surface area contributed by atoms with Gasteiger partial charge in [0.15, 0.2) is 0 Å². The van der Waals surface area contributed by atoms with Gasteiger partial charge in [0.2, 0.25) is 0 Å². The third kappa shape index (κ3) is 6.77. The van der Waals surface area contributed by atoms with Crippen LogP contribution >= 0.6 is 11.3 Å². The van der Waals surface area contributed by atoms with Crippen molar-refractivity contribution in [3.8, 4) is 11.5 Å². The maximum absolute atomic E-state index is 12.9. The number of ether oxygens (including phenoxy) is 3. The molecule has 1 aliphatic heterocycles. The second kappa shape index (κ2) is 11.6. The van der Waals surface area contributed by atoms with Crippen LogP contribution in [0.4, 0.5) is 10.5 Å². The highest BCUT2D eigenvalue weighted by Crippen LogP contribution is 2.26. The van der Waals surface area contributed by atoms with Gasteiger partial charge in [-0.25, -0.2) is 4.79 Å². The number of aromatic nitrogens is 1. The van der Waals surface area contributed by atoms with E-state index in [0.717, 1.165) is 34.4 Å². The molecule has 1 saturated heterocycles. The molecule has 40 heavy (non-hydrogen) atoms. The van der Waals surface area contributed by atoms with Gasteiger partial charge < -0.3 is 29.0 Å². The van der Waals surface area contributed by atoms with E-state index in [9.17, 15) is 9.59 Å². The topological polar surface area (TPSA) is 82.0 Å². The minimum Gasteiger partial charge on any atom is -0.490 e. The molecular weight excluding hydrogens is 526 g/mol. The van der Waals surface area contributed by atoms with E-state index < -0.39 is 5.60 Å². The number of benzene rings is 2. The molecule has 2 amide bonds. The van der Waals surface area contributed by atoms with Gasteiger partial charge in [0.25, 0.3) is 5.91 Å². The third-order valence-corrected chi connectivity index (χ3v) is 7.54. The monoisotopic (exact) mass is 561 g/mol. The van der Waals surface area contributed by atoms with Crippen LogP contribution in [0.15, 0.2) is 66.0 Å². The highest BCUT2D eigenvalue weighted by Gasteiger charge is 2.27. The van der Waals surface area contributed by atoms with Crippen molar-refractivity contribution in [2.75, 3.05) is 18.4 Å². The van der Waals surface area contributed by atoms with E-state index >= 15 is 0 Å². The molecule has 2 aromatic carbocycles. The molecule has 1 N–H and O–H groups in total. The van der Waals surface area contributed by atoms with Crippen molar-refractivity contribution in [2.45, 2.75) is 51.9 Å². The number of piperidine rings is 1. The fraction of sp³-hybridized carbons (Fsp3) is 0.355. The lowest BCUT2D eigenvalue weighted by Crippen LogP contribution is -2.44. The number of rotatable bonds is 7. The number of aryl methyl sites for hydroxylation is 1. The zero-order chi connectivity index (χ0) is 28.3. The number of likely N-dealkylation sites (tertiary alicyclic amines) is 1. The minimum atomic E-state index is -0.501. The fourth-order valence-electron chi connectivity index (χ4n) is 4.68. The first kappa shape index (κ1) is 27.6. The fourth-order valence-corrected chi connectivity index (χ4v) is 5.53. The average molecular weight is 562 g/mol. The Labute approximate surface area is 238 Å². The van der Waals surface area contributed by atoms with Crippen molar-refractivity contribution in [3.63, 3.8) is 0 Å². The first-order valence-electron chi connectivity index (χ1n) is 13.5. The van der Waals surface area contributed by atoms with Crippen LogP contribution in [-0.2, 0) is 18.4 Å². The average Bonchev–Trinajstić information content (AvgIpc) is 3.50. The van der Waals surface area contributed by atoms with Gasteiger partial charge >= 0.3 is 6.09 Å². The molecule has 0 saturated carbocycles. The summed E-state index contributed by atoms with van der Waals surface area (Å²) in [7, 11) is 1.90. The van der Waals surface area contributed by atoms with Crippen molar-refractivity contribution < 1.29 is 23.8 Å². The number of carbonyl (C=O) groups excluding carboxylic acids is 2. The Hall–Kier alpha value is -3.98. The Kier molecular flexibility index (Phi) is 8.02. The molecule has 0 spiro atoms. The molecule has 1 aliphatic rings. The van der Waals surface area contributed by atoms with E-state index in [4.69, 9.17) is 14.2 Å². The second-order valence-corrected chi connectivity index (χ2v) is 11.9. The zero-order valence-corrected chi connectivity index (χ0v) is 24.1. The molecule has 0 bridgehead atoms. The summed E-state index contributed by atoms with van der Waals surface area (Å²) in [6, 6.07) is 19.2. The van der Waals surface area contributed by atoms with E-state index in [1.165, 1.54) is 0 Å². The lowest BCUT2D eigenvalue weighted by atomic mass is 10.1. The molecule has 5 rings (SSSR count).